The van der Waals surface area contributed by atoms with E-state index < -0.39 is 0 Å². The third kappa shape index (κ3) is 5.65. The molecule has 35 heavy (non-hydrogen) atoms. The van der Waals surface area contributed by atoms with Gasteiger partial charge in [0.15, 0.2) is 5.65 Å². The molecule has 4 aromatic rings. The van der Waals surface area contributed by atoms with E-state index in [-0.39, 0.29) is 5.91 Å². The average molecular weight is 475 g/mol. The van der Waals surface area contributed by atoms with Crippen LogP contribution in [0.15, 0.2) is 67.5 Å². The van der Waals surface area contributed by atoms with Crippen LogP contribution in [0.2, 0.25) is 0 Å². The second kappa shape index (κ2) is 10.4. The minimum atomic E-state index is -0.291. The van der Waals surface area contributed by atoms with E-state index in [9.17, 15) is 4.79 Å². The number of anilines is 3. The number of amides is 1. The fraction of sp³-hybridized carbons (Fsp3) is 0.250. The number of rotatable bonds is 9. The maximum absolute atomic E-state index is 11.6. The van der Waals surface area contributed by atoms with Crippen LogP contribution in [0, 0.1) is 0 Å². The number of nitrogens with one attached hydrogen (secondary N) is 2. The fourth-order valence-corrected chi connectivity index (χ4v) is 3.71. The Hall–Kier alpha value is -4.22. The molecule has 180 valence electrons. The Balaban J connectivity index is 1.26. The van der Waals surface area contributed by atoms with E-state index >= 15 is 0 Å². The molecule has 1 aliphatic heterocycles. The van der Waals surface area contributed by atoms with Gasteiger partial charge in [-0.2, -0.15) is 14.6 Å². The van der Waals surface area contributed by atoms with Crippen molar-refractivity contribution in [1.82, 2.24) is 29.3 Å². The van der Waals surface area contributed by atoms with Crippen molar-refractivity contribution in [1.29, 1.82) is 0 Å². The third-order valence-corrected chi connectivity index (χ3v) is 5.47. The van der Waals surface area contributed by atoms with E-state index in [1.807, 2.05) is 23.0 Å². The van der Waals surface area contributed by atoms with Gasteiger partial charge in [0.1, 0.15) is 5.75 Å². The molecule has 1 fully saturated rings. The Bertz CT molecular complexity index is 1330. The lowest BCUT2D eigenvalue weighted by atomic mass is 10.3. The number of morpholine rings is 1. The highest BCUT2D eigenvalue weighted by molar-refractivity contribution is 5.98. The smallest absolute Gasteiger partial charge is 0.247 e. The minimum Gasteiger partial charge on any atom is -0.439 e. The minimum absolute atomic E-state index is 0.291. The number of carbonyl (C=O) groups excluding carboxylic acids is 1. The summed E-state index contributed by atoms with van der Waals surface area (Å²) in [4.78, 5) is 18.5. The van der Waals surface area contributed by atoms with Crippen LogP contribution in [0.3, 0.4) is 0 Å². The van der Waals surface area contributed by atoms with Gasteiger partial charge < -0.3 is 20.1 Å². The first-order chi connectivity index (χ1) is 17.2. The van der Waals surface area contributed by atoms with E-state index in [2.05, 4.69) is 37.3 Å². The van der Waals surface area contributed by atoms with Crippen molar-refractivity contribution in [2.24, 2.45) is 0 Å². The van der Waals surface area contributed by atoms with Crippen LogP contribution in [0.1, 0.15) is 0 Å². The molecule has 5 rings (SSSR count). The summed E-state index contributed by atoms with van der Waals surface area (Å²) in [5.41, 5.74) is 2.03. The number of fused-ring (bicyclic) bond motifs is 1. The SMILES string of the molecule is C=CC(=O)Nc1cccc(Oc2cccc3nc(Nc4cnn(CCN5CCOCC5)c4)nn23)c1. The van der Waals surface area contributed by atoms with Gasteiger partial charge in [0.25, 0.3) is 0 Å². The molecule has 0 atom stereocenters. The Labute approximate surface area is 202 Å². The first-order valence-corrected chi connectivity index (χ1v) is 11.3. The van der Waals surface area contributed by atoms with Crippen molar-refractivity contribution in [3.05, 3.63) is 67.5 Å². The number of hydrogen-bond donors (Lipinski definition) is 2. The Morgan fingerprint density at radius 1 is 1.14 bits per heavy atom. The maximum Gasteiger partial charge on any atom is 0.247 e. The number of nitrogens with zero attached hydrogens (tertiary/aromatic N) is 6. The molecule has 4 heterocycles. The molecule has 1 saturated heterocycles. The van der Waals surface area contributed by atoms with Crippen LogP contribution in [-0.4, -0.2) is 68.0 Å². The van der Waals surface area contributed by atoms with E-state index in [0.29, 0.717) is 28.9 Å². The van der Waals surface area contributed by atoms with Crippen molar-refractivity contribution in [3.8, 4) is 11.6 Å². The van der Waals surface area contributed by atoms with Gasteiger partial charge in [-0.3, -0.25) is 14.4 Å². The normalized spacial score (nSPS) is 14.1. The van der Waals surface area contributed by atoms with Crippen molar-refractivity contribution in [2.75, 3.05) is 43.5 Å². The first kappa shape index (κ1) is 22.6. The van der Waals surface area contributed by atoms with Gasteiger partial charge in [-0.25, -0.2) is 0 Å². The van der Waals surface area contributed by atoms with Crippen LogP contribution in [0.5, 0.6) is 11.6 Å². The molecule has 0 saturated carbocycles. The van der Waals surface area contributed by atoms with Gasteiger partial charge in [0.2, 0.25) is 17.7 Å². The van der Waals surface area contributed by atoms with Crippen LogP contribution in [0.25, 0.3) is 5.65 Å². The van der Waals surface area contributed by atoms with Crippen LogP contribution in [-0.2, 0) is 16.1 Å². The monoisotopic (exact) mass is 474 g/mol. The van der Waals surface area contributed by atoms with E-state index in [1.54, 1.807) is 41.0 Å². The van der Waals surface area contributed by atoms with E-state index in [4.69, 9.17) is 9.47 Å². The maximum atomic E-state index is 11.6. The lowest BCUT2D eigenvalue weighted by molar-refractivity contribution is -0.111. The molecule has 2 N–H and O–H groups in total. The summed E-state index contributed by atoms with van der Waals surface area (Å²) in [7, 11) is 0. The summed E-state index contributed by atoms with van der Waals surface area (Å²) in [5, 5.41) is 14.9. The second-order valence-corrected chi connectivity index (χ2v) is 7.96. The lowest BCUT2D eigenvalue weighted by Gasteiger charge is -2.26. The summed E-state index contributed by atoms with van der Waals surface area (Å²) in [6.07, 6.45) is 4.91. The molecular weight excluding hydrogens is 448 g/mol. The molecule has 0 bridgehead atoms. The highest BCUT2D eigenvalue weighted by Crippen LogP contribution is 2.25. The average Bonchev–Trinajstić information content (AvgIpc) is 3.50. The lowest BCUT2D eigenvalue weighted by Crippen LogP contribution is -2.38. The van der Waals surface area contributed by atoms with Gasteiger partial charge in [-0.05, 0) is 24.3 Å². The van der Waals surface area contributed by atoms with Crippen molar-refractivity contribution < 1.29 is 14.3 Å². The standard InChI is InChI=1S/C24H26N8O3/c1-2-22(33)26-18-5-3-6-20(15-18)35-23-8-4-7-21-28-24(29-32(21)23)27-19-16-25-31(17-19)10-9-30-11-13-34-14-12-30/h2-8,15-17H,1,9-14H2,(H,26,33)(H,27,29). The second-order valence-electron chi connectivity index (χ2n) is 7.96. The van der Waals surface area contributed by atoms with Crippen molar-refractivity contribution >= 4 is 28.9 Å². The number of benzene rings is 1. The molecule has 0 spiro atoms. The highest BCUT2D eigenvalue weighted by atomic mass is 16.5. The molecule has 11 nitrogen and oxygen atoms in total. The van der Waals surface area contributed by atoms with Crippen LogP contribution >= 0.6 is 0 Å². The number of aromatic nitrogens is 5. The molecule has 0 aliphatic carbocycles. The zero-order valence-electron chi connectivity index (χ0n) is 19.1. The van der Waals surface area contributed by atoms with Crippen molar-refractivity contribution in [2.45, 2.75) is 6.54 Å². The summed E-state index contributed by atoms with van der Waals surface area (Å²) < 4.78 is 14.9. The molecule has 1 amide bonds. The summed E-state index contributed by atoms with van der Waals surface area (Å²) >= 11 is 0. The highest BCUT2D eigenvalue weighted by Gasteiger charge is 2.12. The zero-order valence-corrected chi connectivity index (χ0v) is 19.1. The van der Waals surface area contributed by atoms with Crippen molar-refractivity contribution in [3.63, 3.8) is 0 Å². The van der Waals surface area contributed by atoms with E-state index in [0.717, 1.165) is 45.1 Å². The largest absolute Gasteiger partial charge is 0.439 e. The van der Waals surface area contributed by atoms with Crippen LogP contribution in [0.4, 0.5) is 17.3 Å². The third-order valence-electron chi connectivity index (χ3n) is 5.47. The fourth-order valence-electron chi connectivity index (χ4n) is 3.71. The molecule has 3 aromatic heterocycles. The topological polar surface area (TPSA) is 111 Å². The number of ether oxygens (including phenoxy) is 2. The zero-order chi connectivity index (χ0) is 24.0. The van der Waals surface area contributed by atoms with Gasteiger partial charge in [-0.1, -0.05) is 18.7 Å². The number of pyridine rings is 1. The predicted octanol–water partition coefficient (Wildman–Crippen LogP) is 2.92. The molecule has 11 heteroatoms. The first-order valence-electron chi connectivity index (χ1n) is 11.3. The summed E-state index contributed by atoms with van der Waals surface area (Å²) in [5.74, 6) is 1.17. The number of hydrogen-bond acceptors (Lipinski definition) is 8. The predicted molar refractivity (Wildman–Crippen MR) is 131 cm³/mol. The molecular formula is C24H26N8O3. The van der Waals surface area contributed by atoms with Gasteiger partial charge in [-0.15, -0.1) is 5.10 Å². The van der Waals surface area contributed by atoms with Gasteiger partial charge >= 0.3 is 0 Å². The molecule has 0 unspecified atom stereocenters. The Morgan fingerprint density at radius 2 is 2.00 bits per heavy atom. The molecule has 1 aliphatic rings. The molecule has 1 aromatic carbocycles. The van der Waals surface area contributed by atoms with Gasteiger partial charge in [0.05, 0.1) is 31.6 Å². The van der Waals surface area contributed by atoms with Crippen LogP contribution < -0.4 is 15.4 Å². The van der Waals surface area contributed by atoms with Gasteiger partial charge in [0, 0.05) is 43.7 Å². The Kier molecular flexibility index (Phi) is 6.68. The van der Waals surface area contributed by atoms with E-state index in [1.165, 1.54) is 6.08 Å². The Morgan fingerprint density at radius 3 is 2.86 bits per heavy atom. The quantitative estimate of drug-likeness (QED) is 0.356. The summed E-state index contributed by atoms with van der Waals surface area (Å²) in [6.45, 7) is 8.67. The molecule has 0 radical (unpaired) electrons. The summed E-state index contributed by atoms with van der Waals surface area (Å²) in [6, 6.07) is 12.6. The number of carbonyl (C=O) groups is 1.